The maximum atomic E-state index is 13.0. The number of carbonyl (C=O) groups excluding carboxylic acids is 1. The Morgan fingerprint density at radius 3 is 2.73 bits per heavy atom. The summed E-state index contributed by atoms with van der Waals surface area (Å²) in [5.74, 6) is -0.238. The van der Waals surface area contributed by atoms with Crippen molar-refractivity contribution in [2.24, 2.45) is 0 Å². The van der Waals surface area contributed by atoms with E-state index in [0.717, 1.165) is 15.6 Å². The molecule has 0 radical (unpaired) electrons. The number of carbonyl (C=O) groups is 1. The maximum Gasteiger partial charge on any atom is 0.262 e. The first kappa shape index (κ1) is 20.2. The summed E-state index contributed by atoms with van der Waals surface area (Å²) in [6.07, 6.45) is 3.38. The number of aromatic amines is 1. The number of hydrogen-bond donors (Lipinski definition) is 2. The van der Waals surface area contributed by atoms with Crippen LogP contribution in [0.4, 0.5) is 0 Å². The standard InChI is InChI=1S/C22H17BrN4O2S/c23-17-5-1-3-14(9-17)13-27-21(29)18-7-6-16(10-19(18)26-22(27)30)20(28)25-12-15-4-2-8-24-11-15/h1-11H,12-13H2,(H,25,28)(H,26,30). The number of hydrogen-bond acceptors (Lipinski definition) is 4. The first-order valence-electron chi connectivity index (χ1n) is 9.20. The van der Waals surface area contributed by atoms with Gasteiger partial charge in [0.1, 0.15) is 0 Å². The third-order valence-electron chi connectivity index (χ3n) is 4.65. The van der Waals surface area contributed by atoms with Crippen LogP contribution in [0.1, 0.15) is 21.5 Å². The molecule has 0 unspecified atom stereocenters. The molecule has 6 nitrogen and oxygen atoms in total. The Bertz CT molecular complexity index is 1350. The van der Waals surface area contributed by atoms with Gasteiger partial charge in [0, 0.05) is 29.0 Å². The van der Waals surface area contributed by atoms with Crippen LogP contribution in [-0.2, 0) is 13.1 Å². The Hall–Kier alpha value is -3.10. The maximum absolute atomic E-state index is 13.0. The zero-order chi connectivity index (χ0) is 21.1. The zero-order valence-corrected chi connectivity index (χ0v) is 18.2. The van der Waals surface area contributed by atoms with Crippen LogP contribution in [0.2, 0.25) is 0 Å². The molecular weight excluding hydrogens is 464 g/mol. The highest BCUT2D eigenvalue weighted by molar-refractivity contribution is 9.10. The molecule has 0 spiro atoms. The summed E-state index contributed by atoms with van der Waals surface area (Å²) in [7, 11) is 0. The number of rotatable bonds is 5. The van der Waals surface area contributed by atoms with E-state index in [1.165, 1.54) is 4.57 Å². The molecule has 0 aliphatic carbocycles. The molecule has 2 N–H and O–H groups in total. The number of amides is 1. The summed E-state index contributed by atoms with van der Waals surface area (Å²) in [6, 6.07) is 16.4. The number of nitrogens with zero attached hydrogens (tertiary/aromatic N) is 2. The molecule has 0 atom stereocenters. The smallest absolute Gasteiger partial charge is 0.262 e. The number of pyridine rings is 1. The second-order valence-corrected chi connectivity index (χ2v) is 8.06. The van der Waals surface area contributed by atoms with Crippen LogP contribution < -0.4 is 10.9 Å². The molecule has 150 valence electrons. The van der Waals surface area contributed by atoms with Gasteiger partial charge in [0.2, 0.25) is 0 Å². The van der Waals surface area contributed by atoms with E-state index in [4.69, 9.17) is 12.2 Å². The lowest BCUT2D eigenvalue weighted by molar-refractivity contribution is 0.0951. The van der Waals surface area contributed by atoms with Gasteiger partial charge in [-0.05, 0) is 59.7 Å². The van der Waals surface area contributed by atoms with Crippen LogP contribution in [0.15, 0.2) is 76.3 Å². The van der Waals surface area contributed by atoms with Crippen LogP contribution in [0, 0.1) is 4.77 Å². The second-order valence-electron chi connectivity index (χ2n) is 6.76. The first-order chi connectivity index (χ1) is 14.5. The molecule has 2 aromatic carbocycles. The SMILES string of the molecule is O=C(NCc1cccnc1)c1ccc2c(=O)n(Cc3cccc(Br)c3)c(=S)[nH]c2c1. The number of fused-ring (bicyclic) bond motifs is 1. The fourth-order valence-electron chi connectivity index (χ4n) is 3.14. The molecule has 2 heterocycles. The van der Waals surface area contributed by atoms with E-state index in [-0.39, 0.29) is 11.5 Å². The van der Waals surface area contributed by atoms with Gasteiger partial charge in [-0.1, -0.05) is 34.1 Å². The van der Waals surface area contributed by atoms with Crippen LogP contribution in [0.5, 0.6) is 0 Å². The van der Waals surface area contributed by atoms with Crippen molar-refractivity contribution in [3.05, 3.63) is 103 Å². The Balaban J connectivity index is 1.61. The minimum absolute atomic E-state index is 0.198. The van der Waals surface area contributed by atoms with Gasteiger partial charge in [-0.15, -0.1) is 0 Å². The average molecular weight is 481 g/mol. The lowest BCUT2D eigenvalue weighted by atomic mass is 10.1. The van der Waals surface area contributed by atoms with Crippen molar-refractivity contribution in [2.75, 3.05) is 0 Å². The second kappa shape index (κ2) is 8.73. The van der Waals surface area contributed by atoms with Gasteiger partial charge in [0.25, 0.3) is 11.5 Å². The molecule has 0 bridgehead atoms. The normalized spacial score (nSPS) is 10.8. The van der Waals surface area contributed by atoms with E-state index in [1.807, 2.05) is 36.4 Å². The lowest BCUT2D eigenvalue weighted by Crippen LogP contribution is -2.24. The number of benzene rings is 2. The van der Waals surface area contributed by atoms with Crippen molar-refractivity contribution in [1.82, 2.24) is 19.9 Å². The van der Waals surface area contributed by atoms with Crippen LogP contribution in [-0.4, -0.2) is 20.4 Å². The molecule has 30 heavy (non-hydrogen) atoms. The molecular formula is C22H17BrN4O2S. The van der Waals surface area contributed by atoms with Crippen LogP contribution in [0.3, 0.4) is 0 Å². The molecule has 0 saturated heterocycles. The van der Waals surface area contributed by atoms with Gasteiger partial charge >= 0.3 is 0 Å². The number of halogens is 1. The van der Waals surface area contributed by atoms with Gasteiger partial charge in [-0.3, -0.25) is 19.1 Å². The highest BCUT2D eigenvalue weighted by atomic mass is 79.9. The molecule has 0 saturated carbocycles. The van der Waals surface area contributed by atoms with Crippen LogP contribution >= 0.6 is 28.1 Å². The molecule has 2 aromatic heterocycles. The summed E-state index contributed by atoms with van der Waals surface area (Å²) in [5, 5.41) is 3.33. The Morgan fingerprint density at radius 1 is 1.13 bits per heavy atom. The van der Waals surface area contributed by atoms with Gasteiger partial charge < -0.3 is 10.3 Å². The van der Waals surface area contributed by atoms with E-state index < -0.39 is 0 Å². The van der Waals surface area contributed by atoms with Gasteiger partial charge in [0.05, 0.1) is 17.4 Å². The Kier molecular flexibility index (Phi) is 5.87. The third-order valence-corrected chi connectivity index (χ3v) is 5.47. The number of H-pyrrole nitrogens is 1. The zero-order valence-electron chi connectivity index (χ0n) is 15.8. The van der Waals surface area contributed by atoms with Gasteiger partial charge in [0.15, 0.2) is 4.77 Å². The van der Waals surface area contributed by atoms with E-state index in [9.17, 15) is 9.59 Å². The predicted octanol–water partition coefficient (Wildman–Crippen LogP) is 4.19. The van der Waals surface area contributed by atoms with Crippen molar-refractivity contribution in [3.8, 4) is 0 Å². The minimum atomic E-state index is -0.238. The Morgan fingerprint density at radius 2 is 1.97 bits per heavy atom. The molecule has 8 heteroatoms. The van der Waals surface area contributed by atoms with E-state index in [0.29, 0.717) is 34.3 Å². The molecule has 0 aliphatic rings. The highest BCUT2D eigenvalue weighted by Gasteiger charge is 2.11. The fraction of sp³-hybridized carbons (Fsp3) is 0.0909. The number of aromatic nitrogens is 3. The summed E-state index contributed by atoms with van der Waals surface area (Å²) in [6.45, 7) is 0.728. The van der Waals surface area contributed by atoms with E-state index >= 15 is 0 Å². The first-order valence-corrected chi connectivity index (χ1v) is 10.4. The van der Waals surface area contributed by atoms with Crippen molar-refractivity contribution < 1.29 is 4.79 Å². The third kappa shape index (κ3) is 4.39. The van der Waals surface area contributed by atoms with Crippen molar-refractivity contribution in [1.29, 1.82) is 0 Å². The summed E-state index contributed by atoms with van der Waals surface area (Å²) in [5.41, 5.74) is 2.64. The molecule has 4 rings (SSSR count). The average Bonchev–Trinajstić information content (AvgIpc) is 2.75. The van der Waals surface area contributed by atoms with Gasteiger partial charge in [-0.25, -0.2) is 0 Å². The number of nitrogens with one attached hydrogen (secondary N) is 2. The molecule has 0 aliphatic heterocycles. The monoisotopic (exact) mass is 480 g/mol. The molecule has 4 aromatic rings. The van der Waals surface area contributed by atoms with Crippen molar-refractivity contribution >= 4 is 45.0 Å². The van der Waals surface area contributed by atoms with Crippen LogP contribution in [0.25, 0.3) is 10.9 Å². The molecule has 0 fully saturated rings. The summed E-state index contributed by atoms with van der Waals surface area (Å²) >= 11 is 8.85. The topological polar surface area (TPSA) is 79.8 Å². The van der Waals surface area contributed by atoms with E-state index in [1.54, 1.807) is 30.6 Å². The summed E-state index contributed by atoms with van der Waals surface area (Å²) < 4.78 is 2.76. The lowest BCUT2D eigenvalue weighted by Gasteiger charge is -2.10. The van der Waals surface area contributed by atoms with E-state index in [2.05, 4.69) is 31.2 Å². The van der Waals surface area contributed by atoms with Crippen molar-refractivity contribution in [2.45, 2.75) is 13.1 Å². The highest BCUT2D eigenvalue weighted by Crippen LogP contribution is 2.14. The fourth-order valence-corrected chi connectivity index (χ4v) is 3.85. The van der Waals surface area contributed by atoms with Crippen molar-refractivity contribution in [3.63, 3.8) is 0 Å². The predicted molar refractivity (Wildman–Crippen MR) is 122 cm³/mol. The Labute approximate surface area is 185 Å². The molecule has 1 amide bonds. The largest absolute Gasteiger partial charge is 0.348 e. The van der Waals surface area contributed by atoms with Gasteiger partial charge in [-0.2, -0.15) is 0 Å². The minimum Gasteiger partial charge on any atom is -0.348 e. The quantitative estimate of drug-likeness (QED) is 0.419. The summed E-state index contributed by atoms with van der Waals surface area (Å²) in [4.78, 5) is 32.6.